The van der Waals surface area contributed by atoms with Gasteiger partial charge in [-0.1, -0.05) is 37.5 Å². The van der Waals surface area contributed by atoms with Crippen LogP contribution in [0.1, 0.15) is 59.9 Å². The predicted octanol–water partition coefficient (Wildman–Crippen LogP) is 7.38. The lowest BCUT2D eigenvalue weighted by atomic mass is 9.81. The van der Waals surface area contributed by atoms with Crippen LogP contribution in [0.4, 0.5) is 0 Å². The minimum atomic E-state index is 0.0846. The molecule has 0 bridgehead atoms. The van der Waals surface area contributed by atoms with E-state index in [-0.39, 0.29) is 12.5 Å². The van der Waals surface area contributed by atoms with Crippen LogP contribution in [0.2, 0.25) is 0 Å². The van der Waals surface area contributed by atoms with E-state index in [4.69, 9.17) is 9.72 Å². The highest BCUT2D eigenvalue weighted by Gasteiger charge is 2.29. The SMILES string of the molecule is Cc1nc(C)c(-c2ccc3cc(-c4c(C5CCCCC5)c5ccc(C#N)cc5n4CC(=O)N4CCOCC4)ccc3n2)s1. The van der Waals surface area contributed by atoms with Gasteiger partial charge in [0.25, 0.3) is 0 Å². The number of thiazole rings is 1. The van der Waals surface area contributed by atoms with Gasteiger partial charge < -0.3 is 14.2 Å². The number of nitriles is 1. The lowest BCUT2D eigenvalue weighted by Crippen LogP contribution is -2.42. The molecule has 0 radical (unpaired) electrons. The van der Waals surface area contributed by atoms with E-state index in [1.165, 1.54) is 24.8 Å². The Morgan fingerprint density at radius 1 is 1.02 bits per heavy atom. The molecule has 1 aliphatic heterocycles. The van der Waals surface area contributed by atoms with E-state index in [0.29, 0.717) is 37.8 Å². The fraction of sp³-hybridized carbons (Fsp3) is 0.371. The number of aromatic nitrogens is 3. The van der Waals surface area contributed by atoms with Crippen LogP contribution in [0.15, 0.2) is 48.5 Å². The maximum atomic E-state index is 13.7. The number of morpholine rings is 1. The molecule has 2 aromatic carbocycles. The summed E-state index contributed by atoms with van der Waals surface area (Å²) < 4.78 is 7.70. The monoisotopic (exact) mass is 589 g/mol. The number of ether oxygens (including phenoxy) is 1. The zero-order valence-corrected chi connectivity index (χ0v) is 25.5. The Morgan fingerprint density at radius 3 is 2.58 bits per heavy atom. The van der Waals surface area contributed by atoms with E-state index in [0.717, 1.165) is 67.2 Å². The quantitative estimate of drug-likeness (QED) is 0.214. The lowest BCUT2D eigenvalue weighted by Gasteiger charge is -2.28. The molecule has 5 aromatic rings. The van der Waals surface area contributed by atoms with Gasteiger partial charge in [0.2, 0.25) is 5.91 Å². The van der Waals surface area contributed by atoms with Crippen LogP contribution in [0.5, 0.6) is 0 Å². The Morgan fingerprint density at radius 2 is 1.84 bits per heavy atom. The van der Waals surface area contributed by atoms with Gasteiger partial charge in [0, 0.05) is 23.9 Å². The summed E-state index contributed by atoms with van der Waals surface area (Å²) in [6.07, 6.45) is 5.95. The first kappa shape index (κ1) is 27.8. The third kappa shape index (κ3) is 5.21. The molecule has 0 atom stereocenters. The number of carbonyl (C=O) groups excluding carboxylic acids is 1. The van der Waals surface area contributed by atoms with Crippen molar-refractivity contribution in [2.75, 3.05) is 26.3 Å². The van der Waals surface area contributed by atoms with Crippen LogP contribution in [-0.4, -0.2) is 51.6 Å². The molecule has 218 valence electrons. The van der Waals surface area contributed by atoms with Crippen LogP contribution in [0.25, 0.3) is 43.6 Å². The number of nitrogens with zero attached hydrogens (tertiary/aromatic N) is 5. The van der Waals surface area contributed by atoms with Crippen LogP contribution in [0, 0.1) is 25.2 Å². The standard InChI is InChI=1S/C35H35N5O2S/c1-22-35(43-23(2)37-22)30-13-9-26-19-27(10-12-29(26)38-30)34-33(25-6-4-3-5-7-25)28-11-8-24(20-36)18-31(28)40(34)21-32(41)39-14-16-42-17-15-39/h8-13,18-19,25H,3-7,14-17,21H2,1-2H3. The van der Waals surface area contributed by atoms with Crippen molar-refractivity contribution in [3.8, 4) is 27.9 Å². The molecular weight excluding hydrogens is 554 g/mol. The number of rotatable bonds is 5. The molecule has 0 unspecified atom stereocenters. The molecule has 7 nitrogen and oxygen atoms in total. The smallest absolute Gasteiger partial charge is 0.242 e. The highest BCUT2D eigenvalue weighted by atomic mass is 32.1. The van der Waals surface area contributed by atoms with Crippen molar-refractivity contribution in [3.63, 3.8) is 0 Å². The first-order valence-corrected chi connectivity index (χ1v) is 16.1. The summed E-state index contributed by atoms with van der Waals surface area (Å²) in [6.45, 7) is 6.64. The molecule has 4 heterocycles. The highest BCUT2D eigenvalue weighted by Crippen LogP contribution is 2.45. The maximum Gasteiger partial charge on any atom is 0.242 e. The van der Waals surface area contributed by atoms with Gasteiger partial charge in [-0.05, 0) is 74.1 Å². The molecule has 1 saturated heterocycles. The van der Waals surface area contributed by atoms with Gasteiger partial charge in [-0.2, -0.15) is 5.26 Å². The fourth-order valence-electron chi connectivity index (χ4n) is 6.94. The van der Waals surface area contributed by atoms with Gasteiger partial charge in [0.1, 0.15) is 6.54 Å². The lowest BCUT2D eigenvalue weighted by molar-refractivity contribution is -0.135. The molecular formula is C35H35N5O2S. The fourth-order valence-corrected chi connectivity index (χ4v) is 7.83. The molecule has 1 saturated carbocycles. The van der Waals surface area contributed by atoms with Crippen LogP contribution in [0.3, 0.4) is 0 Å². The normalized spacial score (nSPS) is 16.2. The number of benzene rings is 2. The molecule has 0 spiro atoms. The first-order chi connectivity index (χ1) is 21.0. The van der Waals surface area contributed by atoms with E-state index in [2.05, 4.69) is 52.0 Å². The average Bonchev–Trinajstić information content (AvgIpc) is 3.56. The van der Waals surface area contributed by atoms with Crippen LogP contribution < -0.4 is 0 Å². The summed E-state index contributed by atoms with van der Waals surface area (Å²) in [5.74, 6) is 0.494. The first-order valence-electron chi connectivity index (χ1n) is 15.3. The minimum absolute atomic E-state index is 0.0846. The number of pyridine rings is 1. The summed E-state index contributed by atoms with van der Waals surface area (Å²) >= 11 is 1.67. The number of amides is 1. The van der Waals surface area contributed by atoms with E-state index >= 15 is 0 Å². The van der Waals surface area contributed by atoms with Gasteiger partial charge in [-0.15, -0.1) is 11.3 Å². The molecule has 2 fully saturated rings. The van der Waals surface area contributed by atoms with Gasteiger partial charge in [0.05, 0.1) is 62.8 Å². The zero-order chi connectivity index (χ0) is 29.5. The Hall–Kier alpha value is -4.06. The molecule has 43 heavy (non-hydrogen) atoms. The predicted molar refractivity (Wildman–Crippen MR) is 171 cm³/mol. The molecule has 0 N–H and O–H groups in total. The third-order valence-electron chi connectivity index (χ3n) is 9.00. The number of hydrogen-bond donors (Lipinski definition) is 0. The van der Waals surface area contributed by atoms with Gasteiger partial charge in [-0.3, -0.25) is 4.79 Å². The summed E-state index contributed by atoms with van der Waals surface area (Å²) in [4.78, 5) is 26.3. The average molecular weight is 590 g/mol. The molecule has 3 aromatic heterocycles. The van der Waals surface area contributed by atoms with Gasteiger partial charge >= 0.3 is 0 Å². The van der Waals surface area contributed by atoms with Gasteiger partial charge in [-0.25, -0.2) is 9.97 Å². The number of hydrogen-bond acceptors (Lipinski definition) is 6. The summed E-state index contributed by atoms with van der Waals surface area (Å²) in [5, 5.41) is 13.1. The van der Waals surface area contributed by atoms with Gasteiger partial charge in [0.15, 0.2) is 0 Å². The van der Waals surface area contributed by atoms with Crippen LogP contribution in [-0.2, 0) is 16.1 Å². The Balaban J connectivity index is 1.40. The Kier molecular flexibility index (Phi) is 7.46. The second-order valence-corrected chi connectivity index (χ2v) is 13.0. The highest BCUT2D eigenvalue weighted by molar-refractivity contribution is 7.15. The van der Waals surface area contributed by atoms with E-state index in [1.807, 2.05) is 30.9 Å². The van der Waals surface area contributed by atoms with Crippen molar-refractivity contribution in [1.82, 2.24) is 19.4 Å². The second-order valence-electron chi connectivity index (χ2n) is 11.8. The van der Waals surface area contributed by atoms with Crippen molar-refractivity contribution in [3.05, 3.63) is 70.4 Å². The largest absolute Gasteiger partial charge is 0.378 e. The number of aryl methyl sites for hydroxylation is 2. The van der Waals surface area contributed by atoms with E-state index in [1.54, 1.807) is 11.3 Å². The summed E-state index contributed by atoms with van der Waals surface area (Å²) in [6, 6.07) is 19.0. The van der Waals surface area contributed by atoms with E-state index in [9.17, 15) is 10.1 Å². The topological polar surface area (TPSA) is 84.0 Å². The maximum absolute atomic E-state index is 13.7. The van der Waals surface area contributed by atoms with E-state index < -0.39 is 0 Å². The van der Waals surface area contributed by atoms with Crippen molar-refractivity contribution >= 4 is 39.0 Å². The molecule has 1 aliphatic carbocycles. The molecule has 2 aliphatic rings. The van der Waals surface area contributed by atoms with Crippen molar-refractivity contribution in [2.45, 2.75) is 58.4 Å². The summed E-state index contributed by atoms with van der Waals surface area (Å²) in [7, 11) is 0. The molecule has 7 rings (SSSR count). The molecule has 1 amide bonds. The van der Waals surface area contributed by atoms with Crippen molar-refractivity contribution in [1.29, 1.82) is 5.26 Å². The second kappa shape index (κ2) is 11.6. The third-order valence-corrected chi connectivity index (χ3v) is 10.1. The summed E-state index contributed by atoms with van der Waals surface area (Å²) in [5.41, 5.74) is 7.94. The van der Waals surface area contributed by atoms with Crippen LogP contribution >= 0.6 is 11.3 Å². The van der Waals surface area contributed by atoms with Crippen molar-refractivity contribution < 1.29 is 9.53 Å². The number of carbonyl (C=O) groups is 1. The zero-order valence-electron chi connectivity index (χ0n) is 24.7. The number of fused-ring (bicyclic) bond motifs is 2. The van der Waals surface area contributed by atoms with Crippen molar-refractivity contribution in [2.24, 2.45) is 0 Å². The Bertz CT molecular complexity index is 1890. The minimum Gasteiger partial charge on any atom is -0.378 e. The Labute approximate surface area is 255 Å². The molecule has 8 heteroatoms.